The third-order valence-electron chi connectivity index (χ3n) is 4.41. The zero-order chi connectivity index (χ0) is 22.1. The highest BCUT2D eigenvalue weighted by molar-refractivity contribution is 6.36. The summed E-state index contributed by atoms with van der Waals surface area (Å²) in [4.78, 5) is 23.5. The molecule has 0 bridgehead atoms. The van der Waals surface area contributed by atoms with Gasteiger partial charge in [0.05, 0.1) is 0 Å². The molecule has 0 aliphatic rings. The Morgan fingerprint density at radius 1 is 1.10 bits per heavy atom. The van der Waals surface area contributed by atoms with Crippen LogP contribution in [0.5, 0.6) is 5.75 Å². The molecule has 0 saturated heterocycles. The van der Waals surface area contributed by atoms with Crippen molar-refractivity contribution in [2.75, 3.05) is 13.2 Å². The molecule has 0 saturated carbocycles. The minimum atomic E-state index is -0.999. The van der Waals surface area contributed by atoms with E-state index in [1.807, 2.05) is 0 Å². The van der Waals surface area contributed by atoms with Crippen molar-refractivity contribution >= 4 is 35.1 Å². The minimum Gasteiger partial charge on any atom is -0.481 e. The van der Waals surface area contributed by atoms with Gasteiger partial charge in [0.15, 0.2) is 12.2 Å². The first-order chi connectivity index (χ1) is 14.3. The minimum absolute atomic E-state index is 0.254. The molecule has 0 fully saturated rings. The van der Waals surface area contributed by atoms with Gasteiger partial charge in [-0.15, -0.1) is 0 Å². The predicted molar refractivity (Wildman–Crippen MR) is 116 cm³/mol. The van der Waals surface area contributed by atoms with E-state index in [1.54, 1.807) is 56.3 Å². The lowest BCUT2D eigenvalue weighted by Crippen LogP contribution is -2.37. The molecule has 162 valence electrons. The lowest BCUT2D eigenvalue weighted by Gasteiger charge is -2.16. The van der Waals surface area contributed by atoms with Crippen LogP contribution in [0, 0.1) is 0 Å². The van der Waals surface area contributed by atoms with Gasteiger partial charge in [0.25, 0.3) is 5.91 Å². The van der Waals surface area contributed by atoms with Gasteiger partial charge in [0, 0.05) is 29.6 Å². The Kier molecular flexibility index (Phi) is 9.43. The van der Waals surface area contributed by atoms with E-state index in [0.29, 0.717) is 35.4 Å². The van der Waals surface area contributed by atoms with Crippen LogP contribution in [0.15, 0.2) is 42.5 Å². The van der Waals surface area contributed by atoms with Gasteiger partial charge < -0.3 is 19.9 Å². The van der Waals surface area contributed by atoms with Crippen LogP contribution in [0.2, 0.25) is 10.0 Å². The van der Waals surface area contributed by atoms with Crippen LogP contribution < -0.4 is 10.1 Å². The Bertz CT molecular complexity index is 837. The number of nitrogens with one attached hydrogen (secondary N) is 1. The lowest BCUT2D eigenvalue weighted by atomic mass is 10.1. The van der Waals surface area contributed by atoms with Crippen LogP contribution in [-0.4, -0.2) is 42.3 Å². The van der Waals surface area contributed by atoms with E-state index in [-0.39, 0.29) is 12.3 Å². The number of carboxylic acid groups (broad SMARTS) is 1. The van der Waals surface area contributed by atoms with Crippen molar-refractivity contribution in [3.63, 3.8) is 0 Å². The van der Waals surface area contributed by atoms with Gasteiger partial charge in [0.2, 0.25) is 0 Å². The normalized spacial score (nSPS) is 12.8. The van der Waals surface area contributed by atoms with Crippen molar-refractivity contribution in [3.8, 4) is 5.75 Å². The average Bonchev–Trinajstić information content (AvgIpc) is 2.71. The monoisotopic (exact) mass is 453 g/mol. The average molecular weight is 454 g/mol. The molecular formula is C22H25Cl2NO5. The molecule has 0 spiro atoms. The molecule has 2 N–H and O–H groups in total. The first kappa shape index (κ1) is 24.0. The summed E-state index contributed by atoms with van der Waals surface area (Å²) in [5.74, 6) is -0.746. The van der Waals surface area contributed by atoms with Crippen molar-refractivity contribution in [1.82, 2.24) is 5.32 Å². The van der Waals surface area contributed by atoms with E-state index in [0.717, 1.165) is 11.1 Å². The molecule has 2 rings (SSSR count). The Hall–Kier alpha value is -2.28. The molecule has 0 unspecified atom stereocenters. The van der Waals surface area contributed by atoms with Crippen molar-refractivity contribution in [3.05, 3.63) is 63.6 Å². The number of carboxylic acids is 1. The highest BCUT2D eigenvalue weighted by Gasteiger charge is 2.18. The fourth-order valence-electron chi connectivity index (χ4n) is 2.82. The van der Waals surface area contributed by atoms with Crippen LogP contribution >= 0.6 is 23.2 Å². The van der Waals surface area contributed by atoms with Crippen LogP contribution in [-0.2, 0) is 27.2 Å². The van der Waals surface area contributed by atoms with Gasteiger partial charge in [-0.05, 0) is 55.7 Å². The number of hydrogen-bond acceptors (Lipinski definition) is 4. The van der Waals surface area contributed by atoms with Gasteiger partial charge in [-0.2, -0.15) is 0 Å². The van der Waals surface area contributed by atoms with Crippen LogP contribution in [0.4, 0.5) is 0 Å². The summed E-state index contributed by atoms with van der Waals surface area (Å²) in [6.07, 6.45) is -0.828. The molecule has 1 amide bonds. The Labute approximate surface area is 186 Å². The number of amides is 1. The standard InChI is InChI=1S/C22H25Cl2NO5/c1-3-29-20(22(27)28)13-15-7-9-16(10-8-15)30-14(2)21(26)25-12-11-17-18(23)5-4-6-19(17)24/h4-10,14,20H,3,11-13H2,1-2H3,(H,25,26)(H,27,28)/t14-,20+/m1/s1. The molecule has 0 aromatic heterocycles. The van der Waals surface area contributed by atoms with Crippen molar-refractivity contribution in [2.24, 2.45) is 0 Å². The molecule has 2 aromatic rings. The number of carbonyl (C=O) groups is 2. The second kappa shape index (κ2) is 11.8. The zero-order valence-electron chi connectivity index (χ0n) is 16.9. The fraction of sp³-hybridized carbons (Fsp3) is 0.364. The molecule has 0 aliphatic heterocycles. The van der Waals surface area contributed by atoms with Crippen molar-refractivity contribution in [1.29, 1.82) is 0 Å². The van der Waals surface area contributed by atoms with Gasteiger partial charge in [-0.3, -0.25) is 4.79 Å². The second-order valence-corrected chi connectivity index (χ2v) is 7.45. The Morgan fingerprint density at radius 3 is 2.30 bits per heavy atom. The number of rotatable bonds is 11. The molecule has 0 aliphatic carbocycles. The number of benzene rings is 2. The number of carbonyl (C=O) groups excluding carboxylic acids is 1. The van der Waals surface area contributed by atoms with E-state index < -0.39 is 18.2 Å². The molecule has 2 aromatic carbocycles. The maximum Gasteiger partial charge on any atom is 0.333 e. The summed E-state index contributed by atoms with van der Waals surface area (Å²) in [7, 11) is 0. The third-order valence-corrected chi connectivity index (χ3v) is 5.11. The summed E-state index contributed by atoms with van der Waals surface area (Å²) in [5.41, 5.74) is 1.59. The molecule has 8 heteroatoms. The summed E-state index contributed by atoms with van der Waals surface area (Å²) >= 11 is 12.3. The first-order valence-electron chi connectivity index (χ1n) is 9.62. The smallest absolute Gasteiger partial charge is 0.333 e. The van der Waals surface area contributed by atoms with E-state index in [9.17, 15) is 9.59 Å². The van der Waals surface area contributed by atoms with Crippen LogP contribution in [0.3, 0.4) is 0 Å². The predicted octanol–water partition coefficient (Wildman–Crippen LogP) is 4.15. The van der Waals surface area contributed by atoms with Crippen LogP contribution in [0.1, 0.15) is 25.0 Å². The summed E-state index contributed by atoms with van der Waals surface area (Å²) in [6, 6.07) is 12.2. The number of halogens is 2. The SMILES string of the molecule is CCO[C@@H](Cc1ccc(O[C@H](C)C(=O)NCCc2c(Cl)cccc2Cl)cc1)C(=O)O. The molecule has 0 heterocycles. The fourth-order valence-corrected chi connectivity index (χ4v) is 3.41. The highest BCUT2D eigenvalue weighted by atomic mass is 35.5. The Morgan fingerprint density at radius 2 is 1.73 bits per heavy atom. The maximum absolute atomic E-state index is 12.3. The van der Waals surface area contributed by atoms with Gasteiger partial charge in [-0.25, -0.2) is 4.79 Å². The summed E-state index contributed by atoms with van der Waals surface area (Å²) < 4.78 is 10.9. The van der Waals surface area contributed by atoms with Gasteiger partial charge in [0.1, 0.15) is 5.75 Å². The highest BCUT2D eigenvalue weighted by Crippen LogP contribution is 2.24. The van der Waals surface area contributed by atoms with E-state index in [1.165, 1.54) is 0 Å². The van der Waals surface area contributed by atoms with Gasteiger partial charge in [-0.1, -0.05) is 41.4 Å². The Balaban J connectivity index is 1.84. The maximum atomic E-state index is 12.3. The summed E-state index contributed by atoms with van der Waals surface area (Å²) in [5, 5.41) is 13.1. The third kappa shape index (κ3) is 7.20. The topological polar surface area (TPSA) is 84.9 Å². The van der Waals surface area contributed by atoms with E-state index in [2.05, 4.69) is 5.32 Å². The second-order valence-electron chi connectivity index (χ2n) is 6.63. The van der Waals surface area contributed by atoms with Gasteiger partial charge >= 0.3 is 5.97 Å². The molecule has 2 atom stereocenters. The molecule has 0 radical (unpaired) electrons. The lowest BCUT2D eigenvalue weighted by molar-refractivity contribution is -0.150. The first-order valence-corrected chi connectivity index (χ1v) is 10.4. The summed E-state index contributed by atoms with van der Waals surface area (Å²) in [6.45, 7) is 4.11. The molecular weight excluding hydrogens is 429 g/mol. The number of aliphatic carboxylic acids is 1. The van der Waals surface area contributed by atoms with Crippen molar-refractivity contribution in [2.45, 2.75) is 38.9 Å². The quantitative estimate of drug-likeness (QED) is 0.533. The van der Waals surface area contributed by atoms with Crippen LogP contribution in [0.25, 0.3) is 0 Å². The van der Waals surface area contributed by atoms with E-state index >= 15 is 0 Å². The molecule has 30 heavy (non-hydrogen) atoms. The molecule has 6 nitrogen and oxygen atoms in total. The largest absolute Gasteiger partial charge is 0.481 e. The zero-order valence-corrected chi connectivity index (χ0v) is 18.4. The van der Waals surface area contributed by atoms with Crippen molar-refractivity contribution < 1.29 is 24.2 Å². The van der Waals surface area contributed by atoms with E-state index in [4.69, 9.17) is 37.8 Å². The number of ether oxygens (including phenoxy) is 2. The number of hydrogen-bond donors (Lipinski definition) is 2.